The fourth-order valence-corrected chi connectivity index (χ4v) is 7.33. The van der Waals surface area contributed by atoms with Crippen molar-refractivity contribution in [3.05, 3.63) is 42.0 Å². The maximum Gasteiger partial charge on any atom is 0.243 e. The van der Waals surface area contributed by atoms with Crippen molar-refractivity contribution in [1.29, 1.82) is 0 Å². The molecule has 2 saturated carbocycles. The second kappa shape index (κ2) is 6.28. The Morgan fingerprint density at radius 3 is 2.56 bits per heavy atom. The fourth-order valence-electron chi connectivity index (χ4n) is 5.79. The third-order valence-corrected chi connectivity index (χ3v) is 9.21. The first-order valence-electron chi connectivity index (χ1n) is 9.98. The minimum absolute atomic E-state index is 0.0148. The van der Waals surface area contributed by atoms with Crippen LogP contribution in [0.3, 0.4) is 0 Å². The van der Waals surface area contributed by atoms with Crippen LogP contribution < -0.4 is 0 Å². The van der Waals surface area contributed by atoms with Crippen LogP contribution in [0, 0.1) is 23.7 Å². The van der Waals surface area contributed by atoms with Crippen LogP contribution in [0.25, 0.3) is 0 Å². The van der Waals surface area contributed by atoms with Crippen molar-refractivity contribution in [3.63, 3.8) is 0 Å². The quantitative estimate of drug-likeness (QED) is 0.734. The third kappa shape index (κ3) is 2.73. The van der Waals surface area contributed by atoms with E-state index in [-0.39, 0.29) is 11.3 Å². The van der Waals surface area contributed by atoms with Crippen molar-refractivity contribution in [3.8, 4) is 0 Å². The largest absolute Gasteiger partial charge is 0.298 e. The van der Waals surface area contributed by atoms with Crippen LogP contribution >= 0.6 is 0 Å². The SMILES string of the molecule is C=C(C)[C@@]12CCN(S(=O)(=O)c3ccc(C)cc3)C[C@]3(CCCC[C@@H]3C1=O)C2. The Morgan fingerprint density at radius 2 is 1.89 bits per heavy atom. The zero-order valence-electron chi connectivity index (χ0n) is 16.3. The minimum Gasteiger partial charge on any atom is -0.298 e. The number of aryl methyl sites for hydroxylation is 1. The lowest BCUT2D eigenvalue weighted by atomic mass is 9.68. The summed E-state index contributed by atoms with van der Waals surface area (Å²) in [5.41, 5.74) is 1.20. The number of carbonyl (C=O) groups excluding carboxylic acids is 1. The van der Waals surface area contributed by atoms with Crippen molar-refractivity contribution < 1.29 is 13.2 Å². The van der Waals surface area contributed by atoms with Gasteiger partial charge in [-0.15, -0.1) is 0 Å². The van der Waals surface area contributed by atoms with E-state index in [1.165, 1.54) is 0 Å². The summed E-state index contributed by atoms with van der Waals surface area (Å²) >= 11 is 0. The van der Waals surface area contributed by atoms with Crippen LogP contribution in [-0.2, 0) is 14.8 Å². The van der Waals surface area contributed by atoms with Gasteiger partial charge in [-0.25, -0.2) is 8.42 Å². The zero-order chi connectivity index (χ0) is 19.4. The molecule has 3 atom stereocenters. The number of ketones is 1. The molecule has 5 heteroatoms. The molecule has 27 heavy (non-hydrogen) atoms. The number of hydrogen-bond donors (Lipinski definition) is 0. The number of benzene rings is 1. The van der Waals surface area contributed by atoms with E-state index in [1.807, 2.05) is 26.0 Å². The number of allylic oxidation sites excluding steroid dienone is 1. The molecule has 1 aromatic rings. The summed E-state index contributed by atoms with van der Waals surface area (Å²) in [6, 6.07) is 7.09. The molecule has 1 heterocycles. The Labute approximate surface area is 162 Å². The van der Waals surface area contributed by atoms with E-state index in [1.54, 1.807) is 16.4 Å². The van der Waals surface area contributed by atoms with E-state index >= 15 is 0 Å². The molecule has 0 N–H and O–H groups in total. The summed E-state index contributed by atoms with van der Waals surface area (Å²) in [6.45, 7) is 8.93. The van der Waals surface area contributed by atoms with Gasteiger partial charge in [0.15, 0.2) is 0 Å². The van der Waals surface area contributed by atoms with Crippen LogP contribution in [0.15, 0.2) is 41.3 Å². The molecule has 0 aromatic heterocycles. The molecule has 3 fully saturated rings. The average molecular weight is 388 g/mol. The van der Waals surface area contributed by atoms with Crippen LogP contribution in [0.5, 0.6) is 0 Å². The molecule has 1 aliphatic heterocycles. The minimum atomic E-state index is -3.56. The van der Waals surface area contributed by atoms with Crippen molar-refractivity contribution in [2.75, 3.05) is 13.1 Å². The first kappa shape index (κ1) is 18.9. The molecule has 1 aromatic carbocycles. The molecule has 2 bridgehead atoms. The number of fused-ring (bicyclic) bond motifs is 1. The highest BCUT2D eigenvalue weighted by molar-refractivity contribution is 7.89. The van der Waals surface area contributed by atoms with Crippen molar-refractivity contribution >= 4 is 15.8 Å². The van der Waals surface area contributed by atoms with Crippen LogP contribution in [0.4, 0.5) is 0 Å². The summed E-state index contributed by atoms with van der Waals surface area (Å²) in [4.78, 5) is 13.7. The zero-order valence-corrected chi connectivity index (χ0v) is 17.1. The van der Waals surface area contributed by atoms with E-state index in [2.05, 4.69) is 6.58 Å². The van der Waals surface area contributed by atoms with Crippen LogP contribution in [0.2, 0.25) is 0 Å². The molecular weight excluding hydrogens is 358 g/mol. The predicted octanol–water partition coefficient (Wildman–Crippen LogP) is 4.10. The molecule has 0 amide bonds. The van der Waals surface area contributed by atoms with E-state index in [9.17, 15) is 13.2 Å². The number of carbonyl (C=O) groups is 1. The van der Waals surface area contributed by atoms with Gasteiger partial charge in [0.2, 0.25) is 10.0 Å². The average Bonchev–Trinajstić information content (AvgIpc) is 2.76. The molecule has 0 radical (unpaired) electrons. The molecule has 1 saturated heterocycles. The van der Waals surface area contributed by atoms with Gasteiger partial charge in [-0.1, -0.05) is 42.7 Å². The highest BCUT2D eigenvalue weighted by Gasteiger charge is 2.63. The number of Topliss-reactive ketones (excluding diaryl/α,β-unsaturated/α-hetero) is 1. The second-order valence-corrected chi connectivity index (χ2v) is 10.9. The van der Waals surface area contributed by atoms with Crippen molar-refractivity contribution in [2.24, 2.45) is 16.7 Å². The van der Waals surface area contributed by atoms with Gasteiger partial charge in [0.1, 0.15) is 5.78 Å². The van der Waals surface area contributed by atoms with Gasteiger partial charge < -0.3 is 0 Å². The lowest BCUT2D eigenvalue weighted by Crippen LogP contribution is -2.46. The number of sulfonamides is 1. The third-order valence-electron chi connectivity index (χ3n) is 7.35. The first-order valence-corrected chi connectivity index (χ1v) is 11.4. The Morgan fingerprint density at radius 1 is 1.19 bits per heavy atom. The molecule has 1 spiro atoms. The summed E-state index contributed by atoms with van der Waals surface area (Å²) in [7, 11) is -3.56. The van der Waals surface area contributed by atoms with Gasteiger partial charge in [-0.3, -0.25) is 4.79 Å². The summed E-state index contributed by atoms with van der Waals surface area (Å²) < 4.78 is 28.4. The lowest BCUT2D eigenvalue weighted by Gasteiger charge is -2.41. The van der Waals surface area contributed by atoms with Crippen LogP contribution in [0.1, 0.15) is 51.0 Å². The summed E-state index contributed by atoms with van der Waals surface area (Å²) in [5, 5.41) is 0. The number of nitrogens with zero attached hydrogens (tertiary/aromatic N) is 1. The molecule has 3 aliphatic rings. The van der Waals surface area contributed by atoms with Crippen molar-refractivity contribution in [1.82, 2.24) is 4.31 Å². The Bertz CT molecular complexity index is 889. The fraction of sp³-hybridized carbons (Fsp3) is 0.591. The summed E-state index contributed by atoms with van der Waals surface area (Å²) in [5.74, 6) is 0.320. The number of hydrogen-bond acceptors (Lipinski definition) is 3. The molecule has 0 unspecified atom stereocenters. The molecule has 146 valence electrons. The molecule has 4 rings (SSSR count). The van der Waals surface area contributed by atoms with E-state index in [4.69, 9.17) is 0 Å². The lowest BCUT2D eigenvalue weighted by molar-refractivity contribution is -0.130. The Balaban J connectivity index is 1.76. The second-order valence-electron chi connectivity index (χ2n) is 8.97. The monoisotopic (exact) mass is 387 g/mol. The van der Waals surface area contributed by atoms with E-state index in [0.717, 1.165) is 43.2 Å². The van der Waals surface area contributed by atoms with Gasteiger partial charge in [-0.2, -0.15) is 4.31 Å². The molecular formula is C22H29NO3S. The normalized spacial score (nSPS) is 34.1. The first-order chi connectivity index (χ1) is 12.7. The Kier molecular flexibility index (Phi) is 4.39. The van der Waals surface area contributed by atoms with E-state index < -0.39 is 15.4 Å². The predicted molar refractivity (Wildman–Crippen MR) is 106 cm³/mol. The van der Waals surface area contributed by atoms with Gasteiger partial charge in [0.25, 0.3) is 0 Å². The van der Waals surface area contributed by atoms with Gasteiger partial charge >= 0.3 is 0 Å². The maximum atomic E-state index is 13.4. The number of rotatable bonds is 3. The summed E-state index contributed by atoms with van der Waals surface area (Å²) in [6.07, 6.45) is 5.32. The van der Waals surface area contributed by atoms with Gasteiger partial charge in [-0.05, 0) is 57.1 Å². The van der Waals surface area contributed by atoms with Crippen LogP contribution in [-0.4, -0.2) is 31.6 Å². The molecule has 2 aliphatic carbocycles. The Hall–Kier alpha value is -1.46. The highest BCUT2D eigenvalue weighted by atomic mass is 32.2. The standard InChI is InChI=1S/C22H29NO3S/c1-16(2)22-12-13-23(27(25,26)18-9-7-17(3)8-10-18)15-21(14-22)11-5-4-6-19(21)20(22)24/h7-10,19H,1,4-6,11-15H2,2-3H3/t19-,21+,22+/m1/s1. The molecule has 4 nitrogen and oxygen atoms in total. The van der Waals surface area contributed by atoms with Gasteiger partial charge in [0, 0.05) is 19.0 Å². The smallest absolute Gasteiger partial charge is 0.243 e. The van der Waals surface area contributed by atoms with E-state index in [0.29, 0.717) is 30.2 Å². The van der Waals surface area contributed by atoms with Crippen molar-refractivity contribution in [2.45, 2.75) is 57.3 Å². The van der Waals surface area contributed by atoms with Gasteiger partial charge in [0.05, 0.1) is 10.3 Å². The highest BCUT2D eigenvalue weighted by Crippen LogP contribution is 2.62. The maximum absolute atomic E-state index is 13.4. The topological polar surface area (TPSA) is 54.5 Å².